The topological polar surface area (TPSA) is 75.7 Å². The molecule has 0 bridgehead atoms. The number of nitrogens with zero attached hydrogens (tertiary/aromatic N) is 1. The van der Waals surface area contributed by atoms with E-state index in [0.717, 1.165) is 12.0 Å². The summed E-state index contributed by atoms with van der Waals surface area (Å²) in [6.07, 6.45) is 2.69. The third-order valence-corrected chi connectivity index (χ3v) is 5.40. The number of hydrogen-bond donors (Lipinski definition) is 1. The first-order chi connectivity index (χ1) is 12.6. The molecule has 160 valence electrons. The lowest BCUT2D eigenvalue weighted by molar-refractivity contribution is -0.123. The summed E-state index contributed by atoms with van der Waals surface area (Å²) in [5.41, 5.74) is 1.22. The minimum absolute atomic E-state index is 0.0705. The molecule has 28 heavy (non-hydrogen) atoms. The quantitative estimate of drug-likeness (QED) is 0.668. The minimum Gasteiger partial charge on any atom is -0.495 e. The smallest absolute Gasteiger partial charge is 0.232 e. The van der Waals surface area contributed by atoms with Crippen LogP contribution in [-0.4, -0.2) is 39.8 Å². The highest BCUT2D eigenvalue weighted by molar-refractivity contribution is 7.92. The summed E-state index contributed by atoms with van der Waals surface area (Å²) in [5, 5.41) is 3.07. The second-order valence-electron chi connectivity index (χ2n) is 9.28. The number of methoxy groups -OCH3 is 1. The Labute approximate surface area is 170 Å². The number of aryl methyl sites for hydroxylation is 1. The summed E-state index contributed by atoms with van der Waals surface area (Å²) in [6.45, 7) is 12.5. The molecule has 0 aliphatic rings. The number of anilines is 1. The Morgan fingerprint density at radius 2 is 1.79 bits per heavy atom. The second-order valence-corrected chi connectivity index (χ2v) is 11.2. The fourth-order valence-corrected chi connectivity index (χ4v) is 4.61. The van der Waals surface area contributed by atoms with Crippen molar-refractivity contribution in [2.24, 2.45) is 5.41 Å². The van der Waals surface area contributed by atoms with Crippen molar-refractivity contribution in [3.63, 3.8) is 0 Å². The molecule has 0 spiro atoms. The first-order valence-corrected chi connectivity index (χ1v) is 11.4. The van der Waals surface area contributed by atoms with Gasteiger partial charge in [-0.25, -0.2) is 8.42 Å². The highest BCUT2D eigenvalue weighted by Gasteiger charge is 2.27. The molecule has 0 saturated heterocycles. The largest absolute Gasteiger partial charge is 0.495 e. The van der Waals surface area contributed by atoms with Crippen LogP contribution in [0.1, 0.15) is 59.4 Å². The second kappa shape index (κ2) is 9.16. The van der Waals surface area contributed by atoms with Gasteiger partial charge in [0.15, 0.2) is 0 Å². The molecule has 0 saturated carbocycles. The first-order valence-electron chi connectivity index (χ1n) is 9.58. The Balaban J connectivity index is 2.82. The van der Waals surface area contributed by atoms with E-state index in [1.165, 1.54) is 17.7 Å². The average molecular weight is 413 g/mol. The van der Waals surface area contributed by atoms with Crippen LogP contribution in [-0.2, 0) is 14.8 Å². The number of carbonyl (C=O) groups is 1. The molecule has 0 unspecified atom stereocenters. The normalized spacial score (nSPS) is 12.6. The molecule has 0 aromatic heterocycles. The maximum absolute atomic E-state index is 12.4. The van der Waals surface area contributed by atoms with Crippen molar-refractivity contribution in [1.82, 2.24) is 5.32 Å². The van der Waals surface area contributed by atoms with Gasteiger partial charge in [-0.05, 0) is 56.7 Å². The van der Waals surface area contributed by atoms with Crippen LogP contribution in [0, 0.1) is 12.3 Å². The lowest BCUT2D eigenvalue weighted by atomic mass is 9.82. The molecule has 0 atom stereocenters. The lowest BCUT2D eigenvalue weighted by Crippen LogP contribution is -2.46. The van der Waals surface area contributed by atoms with Crippen LogP contribution in [0.3, 0.4) is 0 Å². The van der Waals surface area contributed by atoms with Gasteiger partial charge in [-0.3, -0.25) is 9.10 Å². The average Bonchev–Trinajstić information content (AvgIpc) is 2.47. The zero-order valence-corrected chi connectivity index (χ0v) is 19.4. The van der Waals surface area contributed by atoms with Crippen LogP contribution < -0.4 is 14.4 Å². The summed E-state index contributed by atoms with van der Waals surface area (Å²) >= 11 is 0. The number of benzene rings is 1. The van der Waals surface area contributed by atoms with Gasteiger partial charge in [-0.2, -0.15) is 0 Å². The molecule has 1 N–H and O–H groups in total. The predicted molar refractivity (Wildman–Crippen MR) is 115 cm³/mol. The van der Waals surface area contributed by atoms with E-state index in [4.69, 9.17) is 4.74 Å². The number of amides is 1. The van der Waals surface area contributed by atoms with Crippen LogP contribution in [0.4, 0.5) is 5.69 Å². The van der Waals surface area contributed by atoms with Gasteiger partial charge in [0, 0.05) is 18.5 Å². The molecule has 6 nitrogen and oxygen atoms in total. The molecule has 1 amide bonds. The van der Waals surface area contributed by atoms with E-state index >= 15 is 0 Å². The van der Waals surface area contributed by atoms with Gasteiger partial charge >= 0.3 is 0 Å². The van der Waals surface area contributed by atoms with Gasteiger partial charge in [-0.1, -0.05) is 26.8 Å². The van der Waals surface area contributed by atoms with Crippen molar-refractivity contribution in [1.29, 1.82) is 0 Å². The number of nitrogens with one attached hydrogen (secondary N) is 1. The number of carbonyl (C=O) groups excluding carboxylic acids is 1. The van der Waals surface area contributed by atoms with Crippen molar-refractivity contribution >= 4 is 21.6 Å². The minimum atomic E-state index is -3.50. The van der Waals surface area contributed by atoms with Gasteiger partial charge in [0.1, 0.15) is 5.75 Å². The monoisotopic (exact) mass is 412 g/mol. The van der Waals surface area contributed by atoms with Crippen molar-refractivity contribution in [2.45, 2.75) is 66.3 Å². The zero-order valence-electron chi connectivity index (χ0n) is 18.5. The molecule has 0 heterocycles. The molecule has 0 aliphatic heterocycles. The molecule has 1 aromatic carbocycles. The Morgan fingerprint density at radius 3 is 2.29 bits per heavy atom. The molecule has 0 fully saturated rings. The van der Waals surface area contributed by atoms with E-state index in [1.54, 1.807) is 12.1 Å². The van der Waals surface area contributed by atoms with Gasteiger partial charge in [0.2, 0.25) is 15.9 Å². The number of rotatable bonds is 9. The van der Waals surface area contributed by atoms with Crippen LogP contribution in [0.15, 0.2) is 18.2 Å². The van der Waals surface area contributed by atoms with Crippen molar-refractivity contribution < 1.29 is 17.9 Å². The van der Waals surface area contributed by atoms with E-state index in [-0.39, 0.29) is 29.8 Å². The zero-order chi connectivity index (χ0) is 21.8. The van der Waals surface area contributed by atoms with Crippen LogP contribution in [0.5, 0.6) is 5.75 Å². The molecule has 7 heteroatoms. The SMILES string of the molecule is COc1ccc(C)cc1N(CCCC(=O)NC(C)(C)CC(C)(C)C)S(C)(=O)=O. The summed E-state index contributed by atoms with van der Waals surface area (Å²) in [6, 6.07) is 5.41. The van der Waals surface area contributed by atoms with Gasteiger partial charge in [0.25, 0.3) is 0 Å². The number of hydrogen-bond acceptors (Lipinski definition) is 4. The fourth-order valence-electron chi connectivity index (χ4n) is 3.65. The summed E-state index contributed by atoms with van der Waals surface area (Å²) in [5.74, 6) is 0.422. The molecule has 1 rings (SSSR count). The molecule has 1 aromatic rings. The van der Waals surface area contributed by atoms with Crippen LogP contribution in [0.25, 0.3) is 0 Å². The van der Waals surface area contributed by atoms with Crippen LogP contribution in [0.2, 0.25) is 0 Å². The third-order valence-electron chi connectivity index (χ3n) is 4.22. The van der Waals surface area contributed by atoms with Gasteiger partial charge in [-0.15, -0.1) is 0 Å². The molecular weight excluding hydrogens is 376 g/mol. The summed E-state index contributed by atoms with van der Waals surface area (Å²) in [7, 11) is -1.99. The summed E-state index contributed by atoms with van der Waals surface area (Å²) in [4.78, 5) is 12.4. The van der Waals surface area contributed by atoms with E-state index in [1.807, 2.05) is 26.8 Å². The van der Waals surface area contributed by atoms with Gasteiger partial charge < -0.3 is 10.1 Å². The van der Waals surface area contributed by atoms with E-state index in [9.17, 15) is 13.2 Å². The van der Waals surface area contributed by atoms with Crippen molar-refractivity contribution in [3.05, 3.63) is 23.8 Å². The standard InChI is InChI=1S/C21H36N2O4S/c1-16-11-12-18(27-7)17(14-16)23(28(8,25)26)13-9-10-19(24)22-21(5,6)15-20(2,3)4/h11-12,14H,9-10,13,15H2,1-8H3,(H,22,24). The maximum atomic E-state index is 12.4. The van der Waals surface area contributed by atoms with Crippen molar-refractivity contribution in [2.75, 3.05) is 24.2 Å². The Hall–Kier alpha value is -1.76. The van der Waals surface area contributed by atoms with Crippen molar-refractivity contribution in [3.8, 4) is 5.75 Å². The maximum Gasteiger partial charge on any atom is 0.232 e. The Morgan fingerprint density at radius 1 is 1.18 bits per heavy atom. The van der Waals surface area contributed by atoms with E-state index in [0.29, 0.717) is 17.9 Å². The van der Waals surface area contributed by atoms with Crippen LogP contribution >= 0.6 is 0 Å². The van der Waals surface area contributed by atoms with E-state index < -0.39 is 10.0 Å². The first kappa shape index (κ1) is 24.3. The number of ether oxygens (including phenoxy) is 1. The van der Waals surface area contributed by atoms with E-state index in [2.05, 4.69) is 26.1 Å². The molecule has 0 aliphatic carbocycles. The fraction of sp³-hybridized carbons (Fsp3) is 0.667. The predicted octanol–water partition coefficient (Wildman–Crippen LogP) is 3.88. The Bertz CT molecular complexity index is 780. The molecule has 0 radical (unpaired) electrons. The number of sulfonamides is 1. The van der Waals surface area contributed by atoms with Gasteiger partial charge in [0.05, 0.1) is 19.1 Å². The highest BCUT2D eigenvalue weighted by atomic mass is 32.2. The summed E-state index contributed by atoms with van der Waals surface area (Å²) < 4.78 is 31.3. The highest BCUT2D eigenvalue weighted by Crippen LogP contribution is 2.31. The lowest BCUT2D eigenvalue weighted by Gasteiger charge is -2.33. The third kappa shape index (κ3) is 8.09. The molecular formula is C21H36N2O4S. The Kier molecular flexibility index (Phi) is 7.94.